The first kappa shape index (κ1) is 12.7. The van der Waals surface area contributed by atoms with Gasteiger partial charge in [0.2, 0.25) is 5.91 Å². The van der Waals surface area contributed by atoms with Crippen LogP contribution in [-0.4, -0.2) is 25.5 Å². The minimum absolute atomic E-state index is 0.308. The summed E-state index contributed by atoms with van der Waals surface area (Å²) in [5.41, 5.74) is 2.48. The number of rotatable bonds is 2. The monoisotopic (exact) mass is 258 g/mol. The Balaban J connectivity index is 1.77. The molecule has 2 aliphatic rings. The fourth-order valence-electron chi connectivity index (χ4n) is 3.20. The average Bonchev–Trinajstić information content (AvgIpc) is 2.83. The first-order valence-electron chi connectivity index (χ1n) is 7.43. The van der Waals surface area contributed by atoms with E-state index in [9.17, 15) is 4.79 Å². The first-order valence-corrected chi connectivity index (χ1v) is 7.43. The molecule has 1 amide bonds. The van der Waals surface area contributed by atoms with Crippen molar-refractivity contribution in [2.75, 3.05) is 24.5 Å². The summed E-state index contributed by atoms with van der Waals surface area (Å²) in [5, 5.41) is 3.34. The summed E-state index contributed by atoms with van der Waals surface area (Å²) in [6, 6.07) is 8.39. The largest absolute Gasteiger partial charge is 0.316 e. The normalized spacial score (nSPS) is 22.9. The minimum Gasteiger partial charge on any atom is -0.316 e. The van der Waals surface area contributed by atoms with Gasteiger partial charge in [0.05, 0.1) is 0 Å². The molecule has 1 N–H and O–H groups in total. The number of fused-ring (bicyclic) bond motifs is 1. The Labute approximate surface area is 115 Å². The Morgan fingerprint density at radius 2 is 2.21 bits per heavy atom. The summed E-state index contributed by atoms with van der Waals surface area (Å²) in [4.78, 5) is 14.6. The van der Waals surface area contributed by atoms with Gasteiger partial charge < -0.3 is 10.2 Å². The van der Waals surface area contributed by atoms with Crippen LogP contribution in [0.25, 0.3) is 0 Å². The topological polar surface area (TPSA) is 32.3 Å². The lowest BCUT2D eigenvalue weighted by molar-refractivity contribution is -0.119. The third kappa shape index (κ3) is 2.81. The predicted molar refractivity (Wildman–Crippen MR) is 77.3 cm³/mol. The molecule has 3 rings (SSSR count). The third-order valence-corrected chi connectivity index (χ3v) is 4.29. The lowest BCUT2D eigenvalue weighted by Crippen LogP contribution is -2.33. The molecule has 1 fully saturated rings. The van der Waals surface area contributed by atoms with Crippen molar-refractivity contribution >= 4 is 11.6 Å². The summed E-state index contributed by atoms with van der Waals surface area (Å²) < 4.78 is 0. The van der Waals surface area contributed by atoms with Crippen LogP contribution >= 0.6 is 0 Å². The van der Waals surface area contributed by atoms with Crippen molar-refractivity contribution in [3.63, 3.8) is 0 Å². The summed E-state index contributed by atoms with van der Waals surface area (Å²) in [7, 11) is 0. The molecular weight excluding hydrogens is 236 g/mol. The van der Waals surface area contributed by atoms with Crippen LogP contribution in [0.4, 0.5) is 5.69 Å². The van der Waals surface area contributed by atoms with Gasteiger partial charge in [-0.1, -0.05) is 18.2 Å². The van der Waals surface area contributed by atoms with Crippen molar-refractivity contribution in [1.82, 2.24) is 5.32 Å². The SMILES string of the molecule is O=C(CC1CCNC1)N1CCCCc2ccccc21. The van der Waals surface area contributed by atoms with Gasteiger partial charge in [0.25, 0.3) is 0 Å². The Hall–Kier alpha value is -1.35. The van der Waals surface area contributed by atoms with Crippen molar-refractivity contribution in [3.05, 3.63) is 29.8 Å². The Morgan fingerprint density at radius 3 is 3.05 bits per heavy atom. The molecule has 0 saturated carbocycles. The van der Waals surface area contributed by atoms with Gasteiger partial charge in [-0.05, 0) is 56.3 Å². The number of hydrogen-bond donors (Lipinski definition) is 1. The van der Waals surface area contributed by atoms with Crippen molar-refractivity contribution in [3.8, 4) is 0 Å². The maximum atomic E-state index is 12.6. The van der Waals surface area contributed by atoms with Gasteiger partial charge in [-0.15, -0.1) is 0 Å². The van der Waals surface area contributed by atoms with E-state index in [1.807, 2.05) is 11.0 Å². The van der Waals surface area contributed by atoms with E-state index in [-0.39, 0.29) is 0 Å². The molecule has 102 valence electrons. The van der Waals surface area contributed by atoms with Crippen LogP contribution in [-0.2, 0) is 11.2 Å². The smallest absolute Gasteiger partial charge is 0.227 e. The molecule has 2 heterocycles. The van der Waals surface area contributed by atoms with Crippen LogP contribution in [0.1, 0.15) is 31.2 Å². The number of carbonyl (C=O) groups is 1. The number of hydrogen-bond acceptors (Lipinski definition) is 2. The van der Waals surface area contributed by atoms with Gasteiger partial charge in [0.1, 0.15) is 0 Å². The Morgan fingerprint density at radius 1 is 1.32 bits per heavy atom. The molecule has 0 aromatic heterocycles. The molecule has 3 nitrogen and oxygen atoms in total. The predicted octanol–water partition coefficient (Wildman–Crippen LogP) is 2.36. The number of benzene rings is 1. The molecule has 2 aliphatic heterocycles. The van der Waals surface area contributed by atoms with Crippen LogP contribution in [0.3, 0.4) is 0 Å². The molecular formula is C16H22N2O. The van der Waals surface area contributed by atoms with E-state index in [0.717, 1.165) is 44.6 Å². The number of carbonyl (C=O) groups excluding carboxylic acids is 1. The van der Waals surface area contributed by atoms with Crippen LogP contribution < -0.4 is 10.2 Å². The highest BCUT2D eigenvalue weighted by molar-refractivity contribution is 5.94. The van der Waals surface area contributed by atoms with Crippen LogP contribution in [0.2, 0.25) is 0 Å². The van der Waals surface area contributed by atoms with Gasteiger partial charge in [0.15, 0.2) is 0 Å². The van der Waals surface area contributed by atoms with E-state index in [1.165, 1.54) is 12.0 Å². The van der Waals surface area contributed by atoms with Gasteiger partial charge in [-0.25, -0.2) is 0 Å². The molecule has 1 atom stereocenters. The molecule has 19 heavy (non-hydrogen) atoms. The van der Waals surface area contributed by atoms with E-state index in [4.69, 9.17) is 0 Å². The fourth-order valence-corrected chi connectivity index (χ4v) is 3.20. The second-order valence-corrected chi connectivity index (χ2v) is 5.69. The number of nitrogens with zero attached hydrogens (tertiary/aromatic N) is 1. The molecule has 0 aliphatic carbocycles. The number of nitrogens with one attached hydrogen (secondary N) is 1. The van der Waals surface area contributed by atoms with E-state index >= 15 is 0 Å². The maximum absolute atomic E-state index is 12.6. The molecule has 3 heteroatoms. The van der Waals surface area contributed by atoms with E-state index in [1.54, 1.807) is 0 Å². The van der Waals surface area contributed by atoms with Crippen molar-refractivity contribution < 1.29 is 4.79 Å². The summed E-state index contributed by atoms with van der Waals surface area (Å²) >= 11 is 0. The van der Waals surface area contributed by atoms with Gasteiger partial charge in [-0.3, -0.25) is 4.79 Å². The standard InChI is InChI=1S/C16H22N2O/c19-16(11-13-8-9-17-12-13)18-10-4-3-6-14-5-1-2-7-15(14)18/h1-2,5,7,13,17H,3-4,6,8-12H2. The zero-order valence-electron chi connectivity index (χ0n) is 11.4. The van der Waals surface area contributed by atoms with Crippen molar-refractivity contribution in [1.29, 1.82) is 0 Å². The van der Waals surface area contributed by atoms with Crippen molar-refractivity contribution in [2.24, 2.45) is 5.92 Å². The molecule has 0 spiro atoms. The maximum Gasteiger partial charge on any atom is 0.227 e. The van der Waals surface area contributed by atoms with Gasteiger partial charge in [0, 0.05) is 18.7 Å². The lowest BCUT2D eigenvalue weighted by atomic mass is 10.0. The highest BCUT2D eigenvalue weighted by Crippen LogP contribution is 2.27. The average molecular weight is 258 g/mol. The zero-order valence-corrected chi connectivity index (χ0v) is 11.4. The number of aryl methyl sites for hydroxylation is 1. The summed E-state index contributed by atoms with van der Waals surface area (Å²) in [6.45, 7) is 2.95. The Kier molecular flexibility index (Phi) is 3.83. The second-order valence-electron chi connectivity index (χ2n) is 5.69. The third-order valence-electron chi connectivity index (χ3n) is 4.29. The number of para-hydroxylation sites is 1. The number of amides is 1. The molecule has 1 aromatic carbocycles. The van der Waals surface area contributed by atoms with Crippen molar-refractivity contribution in [2.45, 2.75) is 32.1 Å². The zero-order chi connectivity index (χ0) is 13.1. The van der Waals surface area contributed by atoms with E-state index in [0.29, 0.717) is 18.2 Å². The second kappa shape index (κ2) is 5.74. The molecule has 1 saturated heterocycles. The van der Waals surface area contributed by atoms with E-state index in [2.05, 4.69) is 23.5 Å². The molecule has 0 radical (unpaired) electrons. The molecule has 1 unspecified atom stereocenters. The summed E-state index contributed by atoms with van der Waals surface area (Å²) in [5.74, 6) is 0.839. The van der Waals surface area contributed by atoms with Crippen LogP contribution in [0.15, 0.2) is 24.3 Å². The Bertz CT molecular complexity index is 452. The van der Waals surface area contributed by atoms with Gasteiger partial charge in [-0.2, -0.15) is 0 Å². The fraction of sp³-hybridized carbons (Fsp3) is 0.562. The van der Waals surface area contributed by atoms with Crippen LogP contribution in [0.5, 0.6) is 0 Å². The highest BCUT2D eigenvalue weighted by Gasteiger charge is 2.24. The van der Waals surface area contributed by atoms with E-state index < -0.39 is 0 Å². The van der Waals surface area contributed by atoms with Gasteiger partial charge >= 0.3 is 0 Å². The lowest BCUT2D eigenvalue weighted by Gasteiger charge is -2.24. The highest BCUT2D eigenvalue weighted by atomic mass is 16.2. The summed E-state index contributed by atoms with van der Waals surface area (Å²) in [6.07, 6.45) is 5.24. The van der Waals surface area contributed by atoms with Crippen LogP contribution in [0, 0.1) is 5.92 Å². The molecule has 0 bridgehead atoms. The minimum atomic E-state index is 0.308. The number of anilines is 1. The quantitative estimate of drug-likeness (QED) is 0.883. The first-order chi connectivity index (χ1) is 9.34. The molecule has 1 aromatic rings.